The Bertz CT molecular complexity index is 60.8. The highest BCUT2D eigenvalue weighted by Crippen LogP contribution is 2.22. The van der Waals surface area contributed by atoms with Gasteiger partial charge < -0.3 is 5.11 Å². The minimum atomic E-state index is -0.108. The SMILES string of the molecule is [CH2]C1CCCCC1O. The fourth-order valence-electron chi connectivity index (χ4n) is 1.19. The molecule has 0 aliphatic heterocycles. The Morgan fingerprint density at radius 1 is 1.25 bits per heavy atom. The third-order valence-electron chi connectivity index (χ3n) is 1.87. The molecule has 1 aliphatic rings. The largest absolute Gasteiger partial charge is 0.393 e. The molecule has 47 valence electrons. The molecular weight excluding hydrogens is 100 g/mol. The Morgan fingerprint density at radius 3 is 2.25 bits per heavy atom. The fraction of sp³-hybridized carbons (Fsp3) is 0.857. The molecule has 1 nitrogen and oxygen atoms in total. The van der Waals surface area contributed by atoms with Crippen molar-refractivity contribution in [2.75, 3.05) is 0 Å². The fourth-order valence-corrected chi connectivity index (χ4v) is 1.19. The van der Waals surface area contributed by atoms with Crippen molar-refractivity contribution in [1.82, 2.24) is 0 Å². The zero-order valence-corrected chi connectivity index (χ0v) is 5.14. The van der Waals surface area contributed by atoms with Gasteiger partial charge >= 0.3 is 0 Å². The number of hydrogen-bond donors (Lipinski definition) is 1. The molecule has 0 bridgehead atoms. The molecule has 8 heavy (non-hydrogen) atoms. The summed E-state index contributed by atoms with van der Waals surface area (Å²) < 4.78 is 0. The van der Waals surface area contributed by atoms with Gasteiger partial charge in [-0.15, -0.1) is 0 Å². The summed E-state index contributed by atoms with van der Waals surface area (Å²) in [4.78, 5) is 0. The third-order valence-corrected chi connectivity index (χ3v) is 1.87. The van der Waals surface area contributed by atoms with Crippen molar-refractivity contribution >= 4 is 0 Å². The van der Waals surface area contributed by atoms with E-state index in [1.165, 1.54) is 12.8 Å². The Kier molecular flexibility index (Phi) is 1.90. The van der Waals surface area contributed by atoms with Gasteiger partial charge in [0.15, 0.2) is 0 Å². The first kappa shape index (κ1) is 6.09. The molecule has 1 heteroatoms. The standard InChI is InChI=1S/C7H13O/c1-6-4-2-3-5-7(6)8/h6-8H,1-5H2. The summed E-state index contributed by atoms with van der Waals surface area (Å²) in [6.07, 6.45) is 4.41. The van der Waals surface area contributed by atoms with E-state index >= 15 is 0 Å². The van der Waals surface area contributed by atoms with Crippen molar-refractivity contribution in [2.24, 2.45) is 5.92 Å². The van der Waals surface area contributed by atoms with Gasteiger partial charge in [-0.2, -0.15) is 0 Å². The Labute approximate surface area is 50.7 Å². The predicted octanol–water partition coefficient (Wildman–Crippen LogP) is 1.37. The van der Waals surface area contributed by atoms with Crippen LogP contribution in [-0.2, 0) is 0 Å². The summed E-state index contributed by atoms with van der Waals surface area (Å²) in [5, 5.41) is 9.12. The zero-order valence-electron chi connectivity index (χ0n) is 5.14. The molecule has 1 aliphatic carbocycles. The maximum absolute atomic E-state index is 9.12. The summed E-state index contributed by atoms with van der Waals surface area (Å²) in [5.41, 5.74) is 0. The van der Waals surface area contributed by atoms with Crippen LogP contribution in [0.25, 0.3) is 0 Å². The average molecular weight is 113 g/mol. The van der Waals surface area contributed by atoms with Crippen molar-refractivity contribution in [3.63, 3.8) is 0 Å². The van der Waals surface area contributed by atoms with E-state index in [1.807, 2.05) is 0 Å². The molecule has 0 spiro atoms. The molecule has 1 rings (SSSR count). The molecule has 1 radical (unpaired) electrons. The Hall–Kier alpha value is -0.0400. The van der Waals surface area contributed by atoms with Crippen molar-refractivity contribution < 1.29 is 5.11 Å². The normalized spacial score (nSPS) is 39.8. The van der Waals surface area contributed by atoms with Gasteiger partial charge in [0.2, 0.25) is 0 Å². The van der Waals surface area contributed by atoms with Gasteiger partial charge in [0.1, 0.15) is 0 Å². The minimum absolute atomic E-state index is 0.108. The summed E-state index contributed by atoms with van der Waals surface area (Å²) in [6, 6.07) is 0. The van der Waals surface area contributed by atoms with Gasteiger partial charge in [-0.05, 0) is 25.7 Å². The predicted molar refractivity (Wildman–Crippen MR) is 33.3 cm³/mol. The molecule has 0 amide bonds. The van der Waals surface area contributed by atoms with E-state index in [4.69, 9.17) is 5.11 Å². The van der Waals surface area contributed by atoms with Crippen LogP contribution in [0.5, 0.6) is 0 Å². The van der Waals surface area contributed by atoms with E-state index in [-0.39, 0.29) is 6.10 Å². The van der Waals surface area contributed by atoms with Crippen LogP contribution >= 0.6 is 0 Å². The van der Waals surface area contributed by atoms with E-state index in [2.05, 4.69) is 6.92 Å². The number of aliphatic hydroxyl groups excluding tert-OH is 1. The molecule has 1 N–H and O–H groups in total. The van der Waals surface area contributed by atoms with Crippen LogP contribution in [0.1, 0.15) is 25.7 Å². The van der Waals surface area contributed by atoms with Crippen LogP contribution in [0.4, 0.5) is 0 Å². The van der Waals surface area contributed by atoms with Crippen LogP contribution in [0.15, 0.2) is 0 Å². The maximum Gasteiger partial charge on any atom is 0.0568 e. The lowest BCUT2D eigenvalue weighted by Gasteiger charge is -2.23. The van der Waals surface area contributed by atoms with Gasteiger partial charge in [0.25, 0.3) is 0 Å². The Balaban J connectivity index is 2.28. The monoisotopic (exact) mass is 113 g/mol. The topological polar surface area (TPSA) is 20.2 Å². The van der Waals surface area contributed by atoms with Gasteiger partial charge in [0.05, 0.1) is 6.10 Å². The molecule has 1 fully saturated rings. The molecule has 1 saturated carbocycles. The van der Waals surface area contributed by atoms with Crippen LogP contribution in [0.2, 0.25) is 0 Å². The molecular formula is C7H13O. The smallest absolute Gasteiger partial charge is 0.0568 e. The van der Waals surface area contributed by atoms with Crippen LogP contribution < -0.4 is 0 Å². The molecule has 0 aromatic rings. The molecule has 0 saturated heterocycles. The van der Waals surface area contributed by atoms with Crippen LogP contribution in [0, 0.1) is 12.8 Å². The van der Waals surface area contributed by atoms with E-state index in [9.17, 15) is 0 Å². The van der Waals surface area contributed by atoms with Crippen LogP contribution in [0.3, 0.4) is 0 Å². The lowest BCUT2D eigenvalue weighted by molar-refractivity contribution is 0.0915. The molecule has 0 heterocycles. The highest BCUT2D eigenvalue weighted by Gasteiger charge is 2.17. The second-order valence-corrected chi connectivity index (χ2v) is 2.61. The average Bonchev–Trinajstić information content (AvgIpc) is 1.77. The first-order valence-electron chi connectivity index (χ1n) is 3.32. The molecule has 2 atom stereocenters. The van der Waals surface area contributed by atoms with Crippen molar-refractivity contribution in [1.29, 1.82) is 0 Å². The van der Waals surface area contributed by atoms with E-state index in [0.29, 0.717) is 5.92 Å². The minimum Gasteiger partial charge on any atom is -0.393 e. The highest BCUT2D eigenvalue weighted by atomic mass is 16.3. The van der Waals surface area contributed by atoms with Crippen molar-refractivity contribution in [3.8, 4) is 0 Å². The van der Waals surface area contributed by atoms with Gasteiger partial charge in [0, 0.05) is 0 Å². The first-order valence-corrected chi connectivity index (χ1v) is 3.32. The third kappa shape index (κ3) is 1.22. The van der Waals surface area contributed by atoms with Gasteiger partial charge in [-0.25, -0.2) is 0 Å². The lowest BCUT2D eigenvalue weighted by Crippen LogP contribution is -2.21. The van der Waals surface area contributed by atoms with E-state index in [1.54, 1.807) is 0 Å². The van der Waals surface area contributed by atoms with Crippen molar-refractivity contribution in [3.05, 3.63) is 6.92 Å². The van der Waals surface area contributed by atoms with Gasteiger partial charge in [-0.3, -0.25) is 0 Å². The molecule has 0 aromatic carbocycles. The summed E-state index contributed by atoms with van der Waals surface area (Å²) in [7, 11) is 0. The molecule has 0 aromatic heterocycles. The second kappa shape index (κ2) is 2.49. The van der Waals surface area contributed by atoms with Crippen LogP contribution in [-0.4, -0.2) is 11.2 Å². The number of aliphatic hydroxyl groups is 1. The maximum atomic E-state index is 9.12. The van der Waals surface area contributed by atoms with E-state index < -0.39 is 0 Å². The highest BCUT2D eigenvalue weighted by molar-refractivity contribution is 4.75. The lowest BCUT2D eigenvalue weighted by atomic mass is 9.88. The number of rotatable bonds is 0. The molecule has 2 unspecified atom stereocenters. The second-order valence-electron chi connectivity index (χ2n) is 2.61. The zero-order chi connectivity index (χ0) is 5.98. The Morgan fingerprint density at radius 2 is 1.88 bits per heavy atom. The van der Waals surface area contributed by atoms with Crippen molar-refractivity contribution in [2.45, 2.75) is 31.8 Å². The van der Waals surface area contributed by atoms with E-state index in [0.717, 1.165) is 12.8 Å². The summed E-state index contributed by atoms with van der Waals surface area (Å²) in [6.45, 7) is 3.83. The quantitative estimate of drug-likeness (QED) is 0.503. The first-order chi connectivity index (χ1) is 3.80. The van der Waals surface area contributed by atoms with Gasteiger partial charge in [-0.1, -0.05) is 12.8 Å². The number of hydrogen-bond acceptors (Lipinski definition) is 1. The summed E-state index contributed by atoms with van der Waals surface area (Å²) in [5.74, 6) is 0.309. The summed E-state index contributed by atoms with van der Waals surface area (Å²) >= 11 is 0.